The molecule has 0 bridgehead atoms. The van der Waals surface area contributed by atoms with Crippen LogP contribution in [-0.4, -0.2) is 34.9 Å². The fraction of sp³-hybridized carbons (Fsp3) is 0.357. The number of hydrogen-bond acceptors (Lipinski definition) is 4. The van der Waals surface area contributed by atoms with E-state index < -0.39 is 4.92 Å². The van der Waals surface area contributed by atoms with Crippen molar-refractivity contribution in [3.8, 4) is 0 Å². The number of likely N-dealkylation sites (tertiary alicyclic amines) is 1. The molecular formula is C14H17N3O3. The van der Waals surface area contributed by atoms with Crippen molar-refractivity contribution in [3.05, 3.63) is 46.0 Å². The lowest BCUT2D eigenvalue weighted by molar-refractivity contribution is -0.384. The molecule has 1 aliphatic rings. The maximum atomic E-state index is 11.9. The fourth-order valence-electron chi connectivity index (χ4n) is 2.10. The number of non-ortho nitro benzene ring substituents is 1. The zero-order valence-electron chi connectivity index (χ0n) is 11.1. The van der Waals surface area contributed by atoms with Crippen molar-refractivity contribution in [2.24, 2.45) is 5.73 Å². The van der Waals surface area contributed by atoms with Crippen LogP contribution in [0.3, 0.4) is 0 Å². The molecule has 1 aliphatic heterocycles. The number of piperidine rings is 1. The molecule has 2 rings (SSSR count). The van der Waals surface area contributed by atoms with E-state index in [4.69, 9.17) is 5.73 Å². The Morgan fingerprint density at radius 3 is 2.45 bits per heavy atom. The second-order valence-corrected chi connectivity index (χ2v) is 4.84. The SMILES string of the molecule is NC1CCN(C(=O)/C=C/c2ccc([N+](=O)[O-])cc2)CC1. The number of nitrogens with zero attached hydrogens (tertiary/aromatic N) is 2. The largest absolute Gasteiger partial charge is 0.339 e. The third-order valence-electron chi connectivity index (χ3n) is 3.37. The first-order valence-corrected chi connectivity index (χ1v) is 6.53. The number of hydrogen-bond donors (Lipinski definition) is 1. The van der Waals surface area contributed by atoms with E-state index in [1.807, 2.05) is 0 Å². The Morgan fingerprint density at radius 1 is 1.30 bits per heavy atom. The summed E-state index contributed by atoms with van der Waals surface area (Å²) in [6.07, 6.45) is 4.83. The van der Waals surface area contributed by atoms with E-state index in [1.54, 1.807) is 23.1 Å². The molecule has 0 saturated carbocycles. The van der Waals surface area contributed by atoms with Gasteiger partial charge in [0, 0.05) is 37.3 Å². The number of amides is 1. The molecule has 1 amide bonds. The molecule has 1 aromatic carbocycles. The van der Waals surface area contributed by atoms with Crippen LogP contribution >= 0.6 is 0 Å². The zero-order chi connectivity index (χ0) is 14.5. The number of carbonyl (C=O) groups is 1. The summed E-state index contributed by atoms with van der Waals surface area (Å²) < 4.78 is 0. The summed E-state index contributed by atoms with van der Waals surface area (Å²) >= 11 is 0. The summed E-state index contributed by atoms with van der Waals surface area (Å²) in [5, 5.41) is 10.5. The van der Waals surface area contributed by atoms with Crippen LogP contribution in [0.15, 0.2) is 30.3 Å². The number of nitro groups is 1. The van der Waals surface area contributed by atoms with Crippen molar-refractivity contribution in [1.82, 2.24) is 4.90 Å². The van der Waals surface area contributed by atoms with Gasteiger partial charge in [0.05, 0.1) is 4.92 Å². The summed E-state index contributed by atoms with van der Waals surface area (Å²) in [5.41, 5.74) is 6.59. The van der Waals surface area contributed by atoms with Crippen molar-refractivity contribution in [1.29, 1.82) is 0 Å². The maximum Gasteiger partial charge on any atom is 0.269 e. The summed E-state index contributed by atoms with van der Waals surface area (Å²) in [7, 11) is 0. The second-order valence-electron chi connectivity index (χ2n) is 4.84. The molecule has 106 valence electrons. The van der Waals surface area contributed by atoms with Gasteiger partial charge in [0.15, 0.2) is 0 Å². The minimum absolute atomic E-state index is 0.0403. The van der Waals surface area contributed by atoms with Gasteiger partial charge in [-0.15, -0.1) is 0 Å². The lowest BCUT2D eigenvalue weighted by Gasteiger charge is -2.29. The molecule has 1 saturated heterocycles. The monoisotopic (exact) mass is 275 g/mol. The van der Waals surface area contributed by atoms with E-state index in [2.05, 4.69) is 0 Å². The lowest BCUT2D eigenvalue weighted by atomic mass is 10.1. The van der Waals surface area contributed by atoms with Gasteiger partial charge in [-0.25, -0.2) is 0 Å². The van der Waals surface area contributed by atoms with Crippen molar-refractivity contribution >= 4 is 17.7 Å². The van der Waals surface area contributed by atoms with Gasteiger partial charge in [0.25, 0.3) is 5.69 Å². The number of nitrogens with two attached hydrogens (primary N) is 1. The highest BCUT2D eigenvalue weighted by molar-refractivity contribution is 5.91. The van der Waals surface area contributed by atoms with Crippen LogP contribution in [0.1, 0.15) is 18.4 Å². The van der Waals surface area contributed by atoms with E-state index in [-0.39, 0.29) is 17.6 Å². The predicted molar refractivity (Wildman–Crippen MR) is 75.9 cm³/mol. The molecule has 1 aromatic rings. The smallest absolute Gasteiger partial charge is 0.269 e. The average molecular weight is 275 g/mol. The fourth-order valence-corrected chi connectivity index (χ4v) is 2.10. The van der Waals surface area contributed by atoms with Gasteiger partial charge < -0.3 is 10.6 Å². The van der Waals surface area contributed by atoms with Crippen LogP contribution in [0, 0.1) is 10.1 Å². The molecule has 6 nitrogen and oxygen atoms in total. The van der Waals surface area contributed by atoms with E-state index in [1.165, 1.54) is 18.2 Å². The molecule has 0 atom stereocenters. The van der Waals surface area contributed by atoms with Gasteiger partial charge in [-0.3, -0.25) is 14.9 Å². The summed E-state index contributed by atoms with van der Waals surface area (Å²) in [5.74, 6) is -0.0461. The molecule has 1 fully saturated rings. The second kappa shape index (κ2) is 6.29. The van der Waals surface area contributed by atoms with Crippen LogP contribution in [-0.2, 0) is 4.79 Å². The molecule has 0 aromatic heterocycles. The van der Waals surface area contributed by atoms with Crippen LogP contribution in [0.5, 0.6) is 0 Å². The Hall–Kier alpha value is -2.21. The molecule has 0 aliphatic carbocycles. The summed E-state index contributed by atoms with van der Waals surface area (Å²) in [6, 6.07) is 6.27. The first kappa shape index (κ1) is 14.2. The molecular weight excluding hydrogens is 258 g/mol. The van der Waals surface area contributed by atoms with Gasteiger partial charge in [-0.2, -0.15) is 0 Å². The summed E-state index contributed by atoms with van der Waals surface area (Å²) in [4.78, 5) is 23.8. The quantitative estimate of drug-likeness (QED) is 0.515. The predicted octanol–water partition coefficient (Wildman–Crippen LogP) is 1.56. The van der Waals surface area contributed by atoms with E-state index >= 15 is 0 Å². The van der Waals surface area contributed by atoms with Crippen molar-refractivity contribution in [2.75, 3.05) is 13.1 Å². The molecule has 20 heavy (non-hydrogen) atoms. The van der Waals surface area contributed by atoms with Crippen molar-refractivity contribution in [3.63, 3.8) is 0 Å². The van der Waals surface area contributed by atoms with E-state index in [9.17, 15) is 14.9 Å². The minimum Gasteiger partial charge on any atom is -0.339 e. The first-order valence-electron chi connectivity index (χ1n) is 6.53. The maximum absolute atomic E-state index is 11.9. The number of carbonyl (C=O) groups excluding carboxylic acids is 1. The lowest BCUT2D eigenvalue weighted by Crippen LogP contribution is -2.42. The molecule has 0 radical (unpaired) electrons. The molecule has 0 spiro atoms. The van der Waals surface area contributed by atoms with Crippen LogP contribution in [0.2, 0.25) is 0 Å². The Kier molecular flexibility index (Phi) is 4.47. The summed E-state index contributed by atoms with van der Waals surface area (Å²) in [6.45, 7) is 1.37. The Bertz CT molecular complexity index is 517. The third kappa shape index (κ3) is 3.64. The normalized spacial score (nSPS) is 16.6. The average Bonchev–Trinajstić information content (AvgIpc) is 2.46. The number of nitro benzene ring substituents is 1. The van der Waals surface area contributed by atoms with Crippen LogP contribution in [0.25, 0.3) is 6.08 Å². The van der Waals surface area contributed by atoms with Crippen molar-refractivity contribution in [2.45, 2.75) is 18.9 Å². The highest BCUT2D eigenvalue weighted by atomic mass is 16.6. The molecule has 6 heteroatoms. The highest BCUT2D eigenvalue weighted by Gasteiger charge is 2.18. The number of benzene rings is 1. The first-order chi connectivity index (χ1) is 9.56. The number of rotatable bonds is 3. The molecule has 0 unspecified atom stereocenters. The van der Waals surface area contributed by atoms with E-state index in [0.717, 1.165) is 18.4 Å². The Labute approximate surface area is 117 Å². The van der Waals surface area contributed by atoms with E-state index in [0.29, 0.717) is 13.1 Å². The highest BCUT2D eigenvalue weighted by Crippen LogP contribution is 2.13. The third-order valence-corrected chi connectivity index (χ3v) is 3.37. The van der Waals surface area contributed by atoms with Gasteiger partial charge >= 0.3 is 0 Å². The standard InChI is InChI=1S/C14H17N3O3/c15-12-7-9-16(10-8-12)14(18)6-3-11-1-4-13(5-2-11)17(19)20/h1-6,12H,7-10,15H2/b6-3+. The molecule has 1 heterocycles. The Balaban J connectivity index is 1.95. The van der Waals surface area contributed by atoms with Gasteiger partial charge in [-0.1, -0.05) is 0 Å². The topological polar surface area (TPSA) is 89.5 Å². The Morgan fingerprint density at radius 2 is 1.90 bits per heavy atom. The van der Waals surface area contributed by atoms with Gasteiger partial charge in [0.1, 0.15) is 0 Å². The van der Waals surface area contributed by atoms with Crippen LogP contribution < -0.4 is 5.73 Å². The van der Waals surface area contributed by atoms with Gasteiger partial charge in [0.2, 0.25) is 5.91 Å². The zero-order valence-corrected chi connectivity index (χ0v) is 11.1. The van der Waals surface area contributed by atoms with Crippen molar-refractivity contribution < 1.29 is 9.72 Å². The molecule has 2 N–H and O–H groups in total. The minimum atomic E-state index is -0.449. The van der Waals surface area contributed by atoms with Gasteiger partial charge in [-0.05, 0) is 36.6 Å². The van der Waals surface area contributed by atoms with Crippen LogP contribution in [0.4, 0.5) is 5.69 Å².